The van der Waals surface area contributed by atoms with Crippen molar-refractivity contribution < 1.29 is 4.74 Å². The summed E-state index contributed by atoms with van der Waals surface area (Å²) in [4.78, 5) is 0. The number of nitrogens with zero attached hydrogens (tertiary/aromatic N) is 3. The van der Waals surface area contributed by atoms with Gasteiger partial charge in [0.2, 0.25) is 0 Å². The fourth-order valence-electron chi connectivity index (χ4n) is 1.34. The molecular weight excluding hydrogens is 166 g/mol. The first-order valence-corrected chi connectivity index (χ1v) is 4.88. The summed E-state index contributed by atoms with van der Waals surface area (Å²) in [6.07, 6.45) is 5.39. The van der Waals surface area contributed by atoms with Crippen LogP contribution in [-0.4, -0.2) is 21.4 Å². The van der Waals surface area contributed by atoms with Crippen LogP contribution in [0.1, 0.15) is 38.1 Å². The quantitative estimate of drug-likeness (QED) is 0.647. The molecule has 1 heterocycles. The largest absolute Gasteiger partial charge is 0.373 e. The van der Waals surface area contributed by atoms with Crippen LogP contribution in [0, 0.1) is 0 Å². The van der Waals surface area contributed by atoms with Crippen LogP contribution in [0.4, 0.5) is 0 Å². The van der Waals surface area contributed by atoms with Gasteiger partial charge in [0.25, 0.3) is 0 Å². The van der Waals surface area contributed by atoms with Crippen LogP contribution in [-0.2, 0) is 11.3 Å². The highest BCUT2D eigenvalue weighted by molar-refractivity contribution is 4.93. The van der Waals surface area contributed by atoms with Gasteiger partial charge in [-0.2, -0.15) is 0 Å². The average Bonchev–Trinajstić information content (AvgIpc) is 2.88. The van der Waals surface area contributed by atoms with Crippen LogP contribution >= 0.6 is 0 Å². The van der Waals surface area contributed by atoms with Gasteiger partial charge in [0.15, 0.2) is 5.82 Å². The molecule has 0 unspecified atom stereocenters. The minimum atomic E-state index is 0.602. The highest BCUT2D eigenvalue weighted by Crippen LogP contribution is 2.35. The minimum absolute atomic E-state index is 0.602. The van der Waals surface area contributed by atoms with E-state index in [1.165, 1.54) is 12.8 Å². The van der Waals surface area contributed by atoms with Crippen molar-refractivity contribution in [2.45, 2.75) is 38.8 Å². The molecule has 1 aromatic rings. The Labute approximate surface area is 77.9 Å². The Balaban J connectivity index is 1.90. The topological polar surface area (TPSA) is 39.9 Å². The summed E-state index contributed by atoms with van der Waals surface area (Å²) in [5.74, 6) is 0.968. The first-order chi connectivity index (χ1) is 6.42. The van der Waals surface area contributed by atoms with E-state index in [2.05, 4.69) is 21.7 Å². The van der Waals surface area contributed by atoms with E-state index in [0.29, 0.717) is 12.6 Å². The first-order valence-electron chi connectivity index (χ1n) is 4.88. The van der Waals surface area contributed by atoms with E-state index < -0.39 is 0 Å². The molecule has 0 N–H and O–H groups in total. The second-order valence-electron chi connectivity index (χ2n) is 3.44. The highest BCUT2D eigenvalue weighted by Gasteiger charge is 2.25. The zero-order valence-corrected chi connectivity index (χ0v) is 7.94. The number of hydrogen-bond donors (Lipinski definition) is 0. The fourth-order valence-corrected chi connectivity index (χ4v) is 1.34. The molecule has 1 aliphatic carbocycles. The molecule has 1 saturated carbocycles. The van der Waals surface area contributed by atoms with Gasteiger partial charge in [0, 0.05) is 12.6 Å². The number of aromatic nitrogens is 3. The zero-order valence-electron chi connectivity index (χ0n) is 7.94. The highest BCUT2D eigenvalue weighted by atomic mass is 16.5. The van der Waals surface area contributed by atoms with Crippen molar-refractivity contribution in [1.29, 1.82) is 0 Å². The van der Waals surface area contributed by atoms with E-state index in [0.717, 1.165) is 18.9 Å². The van der Waals surface area contributed by atoms with E-state index in [1.807, 2.05) is 6.33 Å². The maximum absolute atomic E-state index is 5.42. The summed E-state index contributed by atoms with van der Waals surface area (Å²) in [6, 6.07) is 0.648. The third-order valence-electron chi connectivity index (χ3n) is 2.17. The molecule has 0 atom stereocenters. The summed E-state index contributed by atoms with van der Waals surface area (Å²) in [5, 5.41) is 7.93. The molecule has 0 saturated heterocycles. The summed E-state index contributed by atoms with van der Waals surface area (Å²) in [7, 11) is 0. The Kier molecular flexibility index (Phi) is 2.59. The molecule has 4 heteroatoms. The Morgan fingerprint density at radius 2 is 2.46 bits per heavy atom. The molecule has 0 radical (unpaired) electrons. The normalized spacial score (nSPS) is 16.4. The molecule has 4 nitrogen and oxygen atoms in total. The van der Waals surface area contributed by atoms with Crippen LogP contribution in [0.2, 0.25) is 0 Å². The van der Waals surface area contributed by atoms with Crippen LogP contribution in [0.3, 0.4) is 0 Å². The van der Waals surface area contributed by atoms with Crippen molar-refractivity contribution in [2.75, 3.05) is 6.61 Å². The van der Waals surface area contributed by atoms with Crippen molar-refractivity contribution >= 4 is 0 Å². The van der Waals surface area contributed by atoms with E-state index in [-0.39, 0.29) is 0 Å². The maximum Gasteiger partial charge on any atom is 0.159 e. The van der Waals surface area contributed by atoms with Crippen molar-refractivity contribution in [2.24, 2.45) is 0 Å². The Hall–Kier alpha value is -0.900. The Morgan fingerprint density at radius 1 is 1.62 bits per heavy atom. The lowest BCUT2D eigenvalue weighted by Gasteiger charge is -2.04. The minimum Gasteiger partial charge on any atom is -0.373 e. The molecule has 2 rings (SSSR count). The second-order valence-corrected chi connectivity index (χ2v) is 3.44. The lowest BCUT2D eigenvalue weighted by atomic mass is 10.5. The molecule has 72 valence electrons. The van der Waals surface area contributed by atoms with Gasteiger partial charge in [-0.15, -0.1) is 10.2 Å². The summed E-state index contributed by atoms with van der Waals surface area (Å²) in [6.45, 7) is 3.51. The standard InChI is InChI=1S/C9H15N3O/c1-2-5-13-6-9-11-10-7-12(9)8-3-4-8/h7-8H,2-6H2,1H3. The Morgan fingerprint density at radius 3 is 3.15 bits per heavy atom. The predicted octanol–water partition coefficient (Wildman–Crippen LogP) is 1.54. The molecule has 0 bridgehead atoms. The van der Waals surface area contributed by atoms with Crippen molar-refractivity contribution in [1.82, 2.24) is 14.8 Å². The number of hydrogen-bond acceptors (Lipinski definition) is 3. The van der Waals surface area contributed by atoms with Crippen molar-refractivity contribution in [3.05, 3.63) is 12.2 Å². The Bertz CT molecular complexity index is 268. The van der Waals surface area contributed by atoms with Gasteiger partial charge in [0.1, 0.15) is 12.9 Å². The third-order valence-corrected chi connectivity index (χ3v) is 2.17. The van der Waals surface area contributed by atoms with Crippen molar-refractivity contribution in [3.8, 4) is 0 Å². The summed E-state index contributed by atoms with van der Waals surface area (Å²) < 4.78 is 7.56. The average molecular weight is 181 g/mol. The molecule has 13 heavy (non-hydrogen) atoms. The molecule has 0 spiro atoms. The molecule has 1 fully saturated rings. The van der Waals surface area contributed by atoms with Gasteiger partial charge in [-0.25, -0.2) is 0 Å². The fraction of sp³-hybridized carbons (Fsp3) is 0.778. The van der Waals surface area contributed by atoms with Crippen LogP contribution in [0.5, 0.6) is 0 Å². The van der Waals surface area contributed by atoms with Gasteiger partial charge in [0.05, 0.1) is 0 Å². The van der Waals surface area contributed by atoms with Gasteiger partial charge in [-0.05, 0) is 19.3 Å². The van der Waals surface area contributed by atoms with Gasteiger partial charge in [-0.3, -0.25) is 0 Å². The van der Waals surface area contributed by atoms with E-state index in [9.17, 15) is 0 Å². The number of rotatable bonds is 5. The molecule has 0 aromatic carbocycles. The van der Waals surface area contributed by atoms with Crippen LogP contribution < -0.4 is 0 Å². The molecular formula is C9H15N3O. The zero-order chi connectivity index (χ0) is 9.10. The SMILES string of the molecule is CCCOCc1nncn1C1CC1. The summed E-state index contributed by atoms with van der Waals surface area (Å²) in [5.41, 5.74) is 0. The maximum atomic E-state index is 5.42. The lowest BCUT2D eigenvalue weighted by Crippen LogP contribution is -2.03. The second kappa shape index (κ2) is 3.87. The van der Waals surface area contributed by atoms with Gasteiger partial charge in [-0.1, -0.05) is 6.92 Å². The predicted molar refractivity (Wildman–Crippen MR) is 48.2 cm³/mol. The van der Waals surface area contributed by atoms with E-state index >= 15 is 0 Å². The van der Waals surface area contributed by atoms with Crippen LogP contribution in [0.15, 0.2) is 6.33 Å². The molecule has 1 aliphatic rings. The first kappa shape index (κ1) is 8.69. The molecule has 0 amide bonds. The number of ether oxygens (including phenoxy) is 1. The lowest BCUT2D eigenvalue weighted by molar-refractivity contribution is 0.113. The smallest absolute Gasteiger partial charge is 0.159 e. The third kappa shape index (κ3) is 2.06. The molecule has 0 aliphatic heterocycles. The van der Waals surface area contributed by atoms with E-state index in [1.54, 1.807) is 0 Å². The van der Waals surface area contributed by atoms with Crippen molar-refractivity contribution in [3.63, 3.8) is 0 Å². The van der Waals surface area contributed by atoms with Crippen LogP contribution in [0.25, 0.3) is 0 Å². The van der Waals surface area contributed by atoms with Gasteiger partial charge >= 0.3 is 0 Å². The van der Waals surface area contributed by atoms with Gasteiger partial charge < -0.3 is 9.30 Å². The monoisotopic (exact) mass is 181 g/mol. The summed E-state index contributed by atoms with van der Waals surface area (Å²) >= 11 is 0. The van der Waals surface area contributed by atoms with E-state index in [4.69, 9.17) is 4.74 Å². The molecule has 1 aromatic heterocycles.